The van der Waals surface area contributed by atoms with E-state index < -0.39 is 0 Å². The zero-order valence-corrected chi connectivity index (χ0v) is 35.8. The van der Waals surface area contributed by atoms with Gasteiger partial charge in [-0.05, 0) is 37.2 Å². The second-order valence-electron chi connectivity index (χ2n) is 13.0. The molecule has 2 heterocycles. The van der Waals surface area contributed by atoms with E-state index in [2.05, 4.69) is 72.0 Å². The van der Waals surface area contributed by atoms with Gasteiger partial charge in [0.05, 0.1) is 0 Å². The zero-order chi connectivity index (χ0) is 31.2. The van der Waals surface area contributed by atoms with Crippen molar-refractivity contribution < 1.29 is 57.1 Å². The van der Waals surface area contributed by atoms with Crippen LogP contribution in [0.3, 0.4) is 0 Å². The van der Waals surface area contributed by atoms with Gasteiger partial charge in [-0.25, -0.2) is 9.13 Å². The third kappa shape index (κ3) is 27.3. The number of hydrogen-bond donors (Lipinski definition) is 0. The van der Waals surface area contributed by atoms with Gasteiger partial charge in [0.1, 0.15) is 13.1 Å². The molecule has 0 aliphatic rings. The molecule has 2 aromatic heterocycles. The smallest absolute Gasteiger partial charge is 0.169 e. The summed E-state index contributed by atoms with van der Waals surface area (Å²) in [5.74, 6) is 2.52. The minimum atomic E-state index is 0. The van der Waals surface area contributed by atoms with E-state index in [-0.39, 0.29) is 48.0 Å². The summed E-state index contributed by atoms with van der Waals surface area (Å²) in [6.45, 7) is 6.93. The lowest BCUT2D eigenvalue weighted by atomic mass is 10.1. The fourth-order valence-corrected chi connectivity index (χ4v) is 7.68. The number of nitrogens with zero attached hydrogens (tertiary/aromatic N) is 2. The summed E-state index contributed by atoms with van der Waals surface area (Å²) in [6.07, 6.45) is 42.6. The molecule has 0 aromatic carbocycles. The van der Waals surface area contributed by atoms with Gasteiger partial charge in [-0.15, -0.1) is 23.5 Å². The Kier molecular flexibility index (Phi) is 35.6. The van der Waals surface area contributed by atoms with Gasteiger partial charge in [0.2, 0.25) is 0 Å². The lowest BCUT2D eigenvalue weighted by Crippen LogP contribution is -3.00. The summed E-state index contributed by atoms with van der Waals surface area (Å²) in [5, 5.41) is 0. The summed E-state index contributed by atoms with van der Waals surface area (Å²) in [6, 6.07) is 9.28. The number of thioether (sulfide) groups is 2. The quantitative estimate of drug-likeness (QED) is 0.0367. The van der Waals surface area contributed by atoms with Gasteiger partial charge in [0.25, 0.3) is 0 Å². The SMILES string of the molecule is CCCCCCCCCC[n+]1ccc(SCCCCCCCCCCSc2cc[n+](CCCCCCCCCC)cc2)cc1.[I-].[I-]. The predicted molar refractivity (Wildman–Crippen MR) is 197 cm³/mol. The number of unbranched alkanes of at least 4 members (excludes halogenated alkanes) is 21. The van der Waals surface area contributed by atoms with E-state index in [1.165, 1.54) is 188 Å². The fourth-order valence-electron chi connectivity index (χ4n) is 5.88. The van der Waals surface area contributed by atoms with Crippen molar-refractivity contribution >= 4 is 23.5 Å². The van der Waals surface area contributed by atoms with Crippen molar-refractivity contribution in [2.24, 2.45) is 0 Å². The van der Waals surface area contributed by atoms with E-state index >= 15 is 0 Å². The Morgan fingerprint density at radius 2 is 0.630 bits per heavy atom. The number of hydrogen-bond acceptors (Lipinski definition) is 2. The van der Waals surface area contributed by atoms with Gasteiger partial charge in [-0.2, -0.15) is 0 Å². The van der Waals surface area contributed by atoms with Crippen LogP contribution in [0, 0.1) is 0 Å². The topological polar surface area (TPSA) is 7.76 Å². The molecule has 0 fully saturated rings. The molecule has 0 bridgehead atoms. The average molecular weight is 897 g/mol. The molecule has 46 heavy (non-hydrogen) atoms. The first-order valence-corrected chi connectivity index (χ1v) is 21.0. The number of halogens is 2. The molecule has 0 saturated carbocycles. The van der Waals surface area contributed by atoms with E-state index in [1.54, 1.807) is 0 Å². The highest BCUT2D eigenvalue weighted by Crippen LogP contribution is 2.20. The van der Waals surface area contributed by atoms with E-state index in [1.807, 2.05) is 23.5 Å². The van der Waals surface area contributed by atoms with Gasteiger partial charge in [-0.3, -0.25) is 0 Å². The molecule has 6 heteroatoms. The van der Waals surface area contributed by atoms with Gasteiger partial charge < -0.3 is 48.0 Å². The number of rotatable bonds is 31. The Morgan fingerprint density at radius 1 is 0.370 bits per heavy atom. The fraction of sp³-hybridized carbons (Fsp3) is 0.750. The molecule has 2 aromatic rings. The first kappa shape index (κ1) is 46.5. The molecular formula is C40H70I2N2S2. The van der Waals surface area contributed by atoms with Crippen molar-refractivity contribution in [3.05, 3.63) is 49.1 Å². The zero-order valence-electron chi connectivity index (χ0n) is 29.9. The number of aryl methyl sites for hydroxylation is 2. The first-order valence-electron chi connectivity index (χ1n) is 19.1. The third-order valence-electron chi connectivity index (χ3n) is 8.84. The molecule has 2 nitrogen and oxygen atoms in total. The van der Waals surface area contributed by atoms with Crippen LogP contribution in [0.4, 0.5) is 0 Å². The van der Waals surface area contributed by atoms with Crippen molar-refractivity contribution in [1.29, 1.82) is 0 Å². The molecule has 0 unspecified atom stereocenters. The van der Waals surface area contributed by atoms with Crippen molar-refractivity contribution in [2.75, 3.05) is 11.5 Å². The average Bonchev–Trinajstić information content (AvgIpc) is 3.05. The maximum absolute atomic E-state index is 2.37. The molecule has 0 N–H and O–H groups in total. The molecule has 0 aliphatic heterocycles. The Hall–Kier alpha value is 0.460. The van der Waals surface area contributed by atoms with Crippen molar-refractivity contribution in [2.45, 2.75) is 191 Å². The summed E-state index contributed by atoms with van der Waals surface area (Å²) >= 11 is 4.07. The van der Waals surface area contributed by atoms with Crippen LogP contribution in [0.15, 0.2) is 58.8 Å². The normalized spacial score (nSPS) is 10.9. The molecule has 0 atom stereocenters. The second-order valence-corrected chi connectivity index (χ2v) is 15.4. The number of aromatic nitrogens is 2. The molecule has 0 spiro atoms. The van der Waals surface area contributed by atoms with Gasteiger partial charge in [0, 0.05) is 46.9 Å². The lowest BCUT2D eigenvalue weighted by molar-refractivity contribution is -0.697. The first-order chi connectivity index (χ1) is 21.8. The Labute approximate surface area is 329 Å². The van der Waals surface area contributed by atoms with E-state index in [9.17, 15) is 0 Å². The summed E-state index contributed by atoms with van der Waals surface area (Å²) < 4.78 is 4.74. The van der Waals surface area contributed by atoms with Crippen LogP contribution >= 0.6 is 23.5 Å². The highest BCUT2D eigenvalue weighted by atomic mass is 127. The molecule has 0 amide bonds. The minimum Gasteiger partial charge on any atom is -1.00 e. The predicted octanol–water partition coefficient (Wildman–Crippen LogP) is 6.56. The molecule has 2 rings (SSSR count). The van der Waals surface area contributed by atoms with Crippen molar-refractivity contribution in [1.82, 2.24) is 0 Å². The molecule has 0 radical (unpaired) electrons. The van der Waals surface area contributed by atoms with Gasteiger partial charge >= 0.3 is 0 Å². The molecule has 0 aliphatic carbocycles. The van der Waals surface area contributed by atoms with E-state index in [4.69, 9.17) is 0 Å². The molecule has 0 saturated heterocycles. The Morgan fingerprint density at radius 3 is 0.935 bits per heavy atom. The highest BCUT2D eigenvalue weighted by Gasteiger charge is 2.04. The standard InChI is InChI=1S/C40H70N2S2.2HI/c1-3-5-7-9-11-15-19-23-31-41-33-27-39(28-34-41)43-37-25-21-17-13-14-18-22-26-38-44-40-29-35-42(36-30-40)32-24-20-16-12-10-8-6-4-2;;/h27-30,33-36H,3-26,31-32,37-38H2,1-2H3;2*1H/q+2;;/p-2. The van der Waals surface area contributed by atoms with Gasteiger partial charge in [0.15, 0.2) is 24.8 Å². The van der Waals surface area contributed by atoms with Crippen molar-refractivity contribution in [3.8, 4) is 0 Å². The second kappa shape index (κ2) is 35.3. The largest absolute Gasteiger partial charge is 1.00 e. The summed E-state index contributed by atoms with van der Waals surface area (Å²) in [4.78, 5) is 2.87. The van der Waals surface area contributed by atoms with Crippen LogP contribution in [0.25, 0.3) is 0 Å². The van der Waals surface area contributed by atoms with E-state index in [0.29, 0.717) is 0 Å². The van der Waals surface area contributed by atoms with Crippen LogP contribution < -0.4 is 57.1 Å². The van der Waals surface area contributed by atoms with Crippen molar-refractivity contribution in [3.63, 3.8) is 0 Å². The minimum absolute atomic E-state index is 0. The lowest BCUT2D eigenvalue weighted by Gasteiger charge is -2.04. The third-order valence-corrected chi connectivity index (χ3v) is 11.0. The van der Waals surface area contributed by atoms with Crippen LogP contribution in [-0.4, -0.2) is 11.5 Å². The monoisotopic (exact) mass is 896 g/mol. The summed E-state index contributed by atoms with van der Waals surface area (Å²) in [5.41, 5.74) is 0. The maximum Gasteiger partial charge on any atom is 0.169 e. The van der Waals surface area contributed by atoms with Crippen LogP contribution in [0.2, 0.25) is 0 Å². The van der Waals surface area contributed by atoms with Crippen LogP contribution in [0.1, 0.15) is 168 Å². The molecular weight excluding hydrogens is 826 g/mol. The maximum atomic E-state index is 2.37. The molecule has 266 valence electrons. The highest BCUT2D eigenvalue weighted by molar-refractivity contribution is 7.99. The van der Waals surface area contributed by atoms with Gasteiger partial charge in [-0.1, -0.05) is 129 Å². The van der Waals surface area contributed by atoms with Crippen LogP contribution in [-0.2, 0) is 13.1 Å². The summed E-state index contributed by atoms with van der Waals surface area (Å²) in [7, 11) is 0. The Bertz CT molecular complexity index is 806. The van der Waals surface area contributed by atoms with Crippen LogP contribution in [0.5, 0.6) is 0 Å². The Balaban J connectivity index is 0.0000101. The number of pyridine rings is 2. The van der Waals surface area contributed by atoms with E-state index in [0.717, 1.165) is 0 Å².